The number of carbonyl (C=O) groups is 2. The largest absolute Gasteiger partial charge is 0.382 e. The predicted molar refractivity (Wildman–Crippen MR) is 144 cm³/mol. The molecule has 1 aromatic rings. The van der Waals surface area contributed by atoms with Crippen molar-refractivity contribution >= 4 is 11.6 Å². The minimum Gasteiger partial charge on any atom is -0.382 e. The number of nitriles is 1. The third-order valence-corrected chi connectivity index (χ3v) is 13.4. The van der Waals surface area contributed by atoms with E-state index in [1.54, 1.807) is 6.92 Å². The van der Waals surface area contributed by atoms with E-state index in [2.05, 4.69) is 38.9 Å². The van der Waals surface area contributed by atoms with Gasteiger partial charge in [-0.25, -0.2) is 0 Å². The zero-order chi connectivity index (χ0) is 28.9. The molecule has 5 fully saturated rings. The minimum absolute atomic E-state index is 0.0638. The van der Waals surface area contributed by atoms with Crippen molar-refractivity contribution in [1.82, 2.24) is 10.1 Å². The summed E-state index contributed by atoms with van der Waals surface area (Å²) < 4.78 is 11.9. The summed E-state index contributed by atoms with van der Waals surface area (Å²) in [5, 5.41) is 25.8. The first-order valence-electron chi connectivity index (χ1n) is 15.0. The molecule has 1 saturated heterocycles. The van der Waals surface area contributed by atoms with Gasteiger partial charge in [-0.1, -0.05) is 45.3 Å². The fourth-order valence-corrected chi connectivity index (χ4v) is 11.0. The highest BCUT2D eigenvalue weighted by Crippen LogP contribution is 2.76. The molecule has 4 unspecified atom stereocenters. The molecule has 0 bridgehead atoms. The molecular formula is C32H41N3O5. The number of ether oxygens (including phenoxy) is 1. The van der Waals surface area contributed by atoms with Crippen molar-refractivity contribution in [1.29, 1.82) is 5.26 Å². The number of rotatable bonds is 1. The summed E-state index contributed by atoms with van der Waals surface area (Å²) in [6.07, 6.45) is 7.17. The molecule has 1 aromatic heterocycles. The molecule has 8 heteroatoms. The first-order valence-corrected chi connectivity index (χ1v) is 15.0. The zero-order valence-electron chi connectivity index (χ0n) is 24.8. The van der Waals surface area contributed by atoms with Crippen LogP contribution in [0, 0.1) is 57.7 Å². The Kier molecular flexibility index (Phi) is 4.86. The Morgan fingerprint density at radius 1 is 1.05 bits per heavy atom. The highest BCUT2D eigenvalue weighted by molar-refractivity contribution is 6.02. The first-order chi connectivity index (χ1) is 18.5. The molecule has 7 rings (SSSR count). The number of hydrogen-bond donors (Lipinski definition) is 1. The maximum Gasteiger partial charge on any atom is 0.243 e. The Bertz CT molecular complexity index is 1440. The number of allylic oxidation sites excluding steroid dienone is 1. The summed E-state index contributed by atoms with van der Waals surface area (Å²) in [6, 6.07) is 2.11. The van der Waals surface area contributed by atoms with Crippen molar-refractivity contribution in [3.63, 3.8) is 0 Å². The smallest absolute Gasteiger partial charge is 0.243 e. The van der Waals surface area contributed by atoms with Gasteiger partial charge in [0.1, 0.15) is 17.8 Å². The number of aromatic nitrogens is 2. The molecule has 40 heavy (non-hydrogen) atoms. The van der Waals surface area contributed by atoms with Crippen molar-refractivity contribution < 1.29 is 24.0 Å². The molecule has 1 aliphatic heterocycles. The maximum atomic E-state index is 14.6. The lowest BCUT2D eigenvalue weighted by atomic mass is 9.34. The van der Waals surface area contributed by atoms with Gasteiger partial charge in [0.15, 0.2) is 11.6 Å². The van der Waals surface area contributed by atoms with E-state index in [-0.39, 0.29) is 39.3 Å². The van der Waals surface area contributed by atoms with Crippen LogP contribution in [0.3, 0.4) is 0 Å². The van der Waals surface area contributed by atoms with Crippen LogP contribution in [0.5, 0.6) is 0 Å². The summed E-state index contributed by atoms with van der Waals surface area (Å²) in [5.41, 5.74) is -4.12. The second kappa shape index (κ2) is 7.33. The van der Waals surface area contributed by atoms with Crippen molar-refractivity contribution in [3.8, 4) is 6.07 Å². The van der Waals surface area contributed by atoms with Crippen LogP contribution in [-0.2, 0) is 19.7 Å². The van der Waals surface area contributed by atoms with Crippen LogP contribution in [0.4, 0.5) is 0 Å². The van der Waals surface area contributed by atoms with Gasteiger partial charge in [0.05, 0.1) is 5.41 Å². The molecule has 6 aliphatic rings. The maximum absolute atomic E-state index is 14.6. The van der Waals surface area contributed by atoms with Gasteiger partial charge in [-0.3, -0.25) is 9.59 Å². The Morgan fingerprint density at radius 2 is 1.75 bits per heavy atom. The standard InChI is InChI=1S/C32H41N3O5/c1-17-34-25(40-35-17)31-12-10-26(2,3)15-18(31)22-19(36)14-21-27(4,28(22,5)11-13-31)9-8-20-29(21,6)24-32(16-33,39-24)23(37)30(20,7)38/h14,18,20,22,24,38H,8-13,15H2,1-7H3/t18?,20?,22?,24-,27-,28-,29+,30+,31?,32+/m1/s1. The fourth-order valence-electron chi connectivity index (χ4n) is 11.0. The Morgan fingerprint density at radius 3 is 2.40 bits per heavy atom. The van der Waals surface area contributed by atoms with Gasteiger partial charge in [0.2, 0.25) is 17.3 Å². The van der Waals surface area contributed by atoms with Gasteiger partial charge >= 0.3 is 0 Å². The molecule has 214 valence electrons. The predicted octanol–water partition coefficient (Wildman–Crippen LogP) is 4.79. The van der Waals surface area contributed by atoms with Crippen molar-refractivity contribution in [2.75, 3.05) is 0 Å². The van der Waals surface area contributed by atoms with E-state index in [9.17, 15) is 20.0 Å². The van der Waals surface area contributed by atoms with E-state index in [0.717, 1.165) is 44.1 Å². The Balaban J connectivity index is 1.40. The van der Waals surface area contributed by atoms with Gasteiger partial charge < -0.3 is 14.4 Å². The highest BCUT2D eigenvalue weighted by atomic mass is 16.6. The molecular weight excluding hydrogens is 506 g/mol. The molecule has 0 spiro atoms. The number of epoxide rings is 1. The monoisotopic (exact) mass is 547 g/mol. The molecule has 4 saturated carbocycles. The molecule has 5 aliphatic carbocycles. The van der Waals surface area contributed by atoms with Gasteiger partial charge in [-0.2, -0.15) is 10.2 Å². The minimum atomic E-state index is -1.70. The number of aryl methyl sites for hydroxylation is 1. The number of ketones is 2. The number of nitrogens with zero attached hydrogens (tertiary/aromatic N) is 3. The van der Waals surface area contributed by atoms with Crippen LogP contribution < -0.4 is 0 Å². The molecule has 0 amide bonds. The van der Waals surface area contributed by atoms with Gasteiger partial charge in [-0.15, -0.1) is 0 Å². The second-order valence-corrected chi connectivity index (χ2v) is 15.7. The summed E-state index contributed by atoms with van der Waals surface area (Å²) in [4.78, 5) is 32.7. The normalized spacial score (nSPS) is 52.2. The molecule has 8 nitrogen and oxygen atoms in total. The lowest BCUT2D eigenvalue weighted by molar-refractivity contribution is -0.175. The van der Waals surface area contributed by atoms with E-state index >= 15 is 0 Å². The topological polar surface area (TPSA) is 130 Å². The van der Waals surface area contributed by atoms with Gasteiger partial charge in [0.25, 0.3) is 0 Å². The van der Waals surface area contributed by atoms with E-state index in [0.29, 0.717) is 18.1 Å². The number of Topliss-reactive ketones (excluding diaryl/α,β-unsaturated/α-hetero) is 1. The fraction of sp³-hybridized carbons (Fsp3) is 0.781. The van der Waals surface area contributed by atoms with E-state index < -0.39 is 34.4 Å². The molecule has 2 heterocycles. The Hall–Kier alpha value is -2.37. The van der Waals surface area contributed by atoms with Crippen LogP contribution in [0.2, 0.25) is 0 Å². The molecule has 0 aromatic carbocycles. The van der Waals surface area contributed by atoms with Gasteiger partial charge in [0, 0.05) is 17.3 Å². The van der Waals surface area contributed by atoms with Crippen LogP contribution >= 0.6 is 0 Å². The average molecular weight is 548 g/mol. The Labute approximate surface area is 235 Å². The lowest BCUT2D eigenvalue weighted by Gasteiger charge is -2.68. The molecule has 1 N–H and O–H groups in total. The third-order valence-electron chi connectivity index (χ3n) is 13.4. The number of fused-ring (bicyclic) bond motifs is 9. The third kappa shape index (κ3) is 2.75. The second-order valence-electron chi connectivity index (χ2n) is 15.7. The summed E-state index contributed by atoms with van der Waals surface area (Å²) in [7, 11) is 0. The van der Waals surface area contributed by atoms with E-state index in [1.165, 1.54) is 0 Å². The zero-order valence-corrected chi connectivity index (χ0v) is 24.8. The highest BCUT2D eigenvalue weighted by Gasteiger charge is 2.83. The summed E-state index contributed by atoms with van der Waals surface area (Å²) in [6.45, 7) is 14.6. The molecule has 0 radical (unpaired) electrons. The van der Waals surface area contributed by atoms with Crippen molar-refractivity contribution in [2.24, 2.45) is 39.4 Å². The van der Waals surface area contributed by atoms with E-state index in [4.69, 9.17) is 14.2 Å². The number of aliphatic hydroxyl groups is 1. The number of hydrogen-bond acceptors (Lipinski definition) is 8. The summed E-state index contributed by atoms with van der Waals surface area (Å²) >= 11 is 0. The van der Waals surface area contributed by atoms with E-state index in [1.807, 2.05) is 19.9 Å². The lowest BCUT2D eigenvalue weighted by Crippen LogP contribution is -2.69. The molecule has 10 atom stereocenters. The van der Waals surface area contributed by atoms with Crippen molar-refractivity contribution in [3.05, 3.63) is 23.4 Å². The van der Waals surface area contributed by atoms with Crippen LogP contribution in [0.1, 0.15) is 98.2 Å². The first kappa shape index (κ1) is 26.5. The van der Waals surface area contributed by atoms with Crippen LogP contribution in [0.15, 0.2) is 16.2 Å². The summed E-state index contributed by atoms with van der Waals surface area (Å²) in [5.74, 6) is 0.310. The SMILES string of the molecule is Cc1noc(C23CCC(C)(C)CC2C2C(=O)C=C4[C@]5(C)C(CC[C@@]4(C)[C@]2(C)CC3)[C@](C)(O)C(=O)[C@]2(C#N)O[C@@H]25)n1. The van der Waals surface area contributed by atoms with Crippen LogP contribution in [0.25, 0.3) is 0 Å². The van der Waals surface area contributed by atoms with Crippen LogP contribution in [-0.4, -0.2) is 44.1 Å². The van der Waals surface area contributed by atoms with Crippen molar-refractivity contribution in [2.45, 2.75) is 116 Å². The number of carbonyl (C=O) groups excluding carboxylic acids is 2. The van der Waals surface area contributed by atoms with Gasteiger partial charge in [-0.05, 0) is 87.0 Å². The average Bonchev–Trinajstić information content (AvgIpc) is 3.50. The quantitative estimate of drug-likeness (QED) is 0.497.